The van der Waals surface area contributed by atoms with Gasteiger partial charge in [-0.2, -0.15) is 0 Å². The Kier molecular flexibility index (Phi) is 2.79. The van der Waals surface area contributed by atoms with Crippen LogP contribution in [0.5, 0.6) is 11.5 Å². The monoisotopic (exact) mass is 210 g/mol. The second-order valence-electron chi connectivity index (χ2n) is 3.47. The average molecular weight is 210 g/mol. The molecule has 1 aliphatic heterocycles. The van der Waals surface area contributed by atoms with E-state index < -0.39 is 12.4 Å². The third-order valence-corrected chi connectivity index (χ3v) is 2.41. The predicted octanol–water partition coefficient (Wildman–Crippen LogP) is 1.05. The second-order valence-corrected chi connectivity index (χ2v) is 3.47. The summed E-state index contributed by atoms with van der Waals surface area (Å²) in [5, 5.41) is 19.3. The van der Waals surface area contributed by atoms with Gasteiger partial charge in [-0.1, -0.05) is 6.07 Å². The fourth-order valence-corrected chi connectivity index (χ4v) is 1.69. The molecule has 15 heavy (non-hydrogen) atoms. The first-order valence-electron chi connectivity index (χ1n) is 4.99. The molecule has 0 aromatic heterocycles. The van der Waals surface area contributed by atoms with Gasteiger partial charge >= 0.3 is 0 Å². The van der Waals surface area contributed by atoms with Crippen molar-refractivity contribution in [1.82, 2.24) is 0 Å². The lowest BCUT2D eigenvalue weighted by atomic mass is 10.0. The van der Waals surface area contributed by atoms with E-state index in [0.29, 0.717) is 24.3 Å². The molecule has 0 saturated heterocycles. The topological polar surface area (TPSA) is 58.9 Å². The minimum Gasteiger partial charge on any atom is -0.508 e. The van der Waals surface area contributed by atoms with Gasteiger partial charge in [0.05, 0.1) is 0 Å². The lowest BCUT2D eigenvalue weighted by molar-refractivity contribution is -0.149. The molecule has 0 aliphatic carbocycles. The number of aliphatic hydroxyl groups excluding tert-OH is 1. The number of aromatic hydroxyl groups is 1. The maximum atomic E-state index is 9.71. The van der Waals surface area contributed by atoms with Crippen LogP contribution in [0.3, 0.4) is 0 Å². The molecule has 2 atom stereocenters. The van der Waals surface area contributed by atoms with E-state index in [-0.39, 0.29) is 5.75 Å². The summed E-state index contributed by atoms with van der Waals surface area (Å²) >= 11 is 0. The van der Waals surface area contributed by atoms with E-state index in [4.69, 9.17) is 9.47 Å². The molecule has 0 spiro atoms. The SMILES string of the molecule is CCOC1Oc2cccc(O)c2CC1O. The van der Waals surface area contributed by atoms with Crippen molar-refractivity contribution in [2.75, 3.05) is 6.61 Å². The summed E-state index contributed by atoms with van der Waals surface area (Å²) < 4.78 is 10.7. The summed E-state index contributed by atoms with van der Waals surface area (Å²) in [5.74, 6) is 0.736. The van der Waals surface area contributed by atoms with E-state index in [1.807, 2.05) is 6.92 Å². The number of ether oxygens (including phenoxy) is 2. The number of aliphatic hydroxyl groups is 1. The van der Waals surface area contributed by atoms with Gasteiger partial charge in [0.15, 0.2) is 0 Å². The highest BCUT2D eigenvalue weighted by Gasteiger charge is 2.30. The molecule has 0 saturated carbocycles. The van der Waals surface area contributed by atoms with E-state index in [2.05, 4.69) is 0 Å². The lowest BCUT2D eigenvalue weighted by Gasteiger charge is -2.30. The summed E-state index contributed by atoms with van der Waals surface area (Å²) in [6.07, 6.45) is -1.01. The molecule has 0 amide bonds. The zero-order chi connectivity index (χ0) is 10.8. The molecule has 2 N–H and O–H groups in total. The molecule has 1 aromatic carbocycles. The van der Waals surface area contributed by atoms with Crippen molar-refractivity contribution in [3.8, 4) is 11.5 Å². The first kappa shape index (κ1) is 10.3. The number of phenols is 1. The first-order chi connectivity index (χ1) is 7.22. The third-order valence-electron chi connectivity index (χ3n) is 2.41. The van der Waals surface area contributed by atoms with Crippen LogP contribution in [-0.4, -0.2) is 29.2 Å². The Labute approximate surface area is 88.1 Å². The van der Waals surface area contributed by atoms with Crippen LogP contribution in [0.2, 0.25) is 0 Å². The van der Waals surface area contributed by atoms with Crippen LogP contribution < -0.4 is 4.74 Å². The first-order valence-corrected chi connectivity index (χ1v) is 4.99. The molecule has 1 aromatic rings. The van der Waals surface area contributed by atoms with E-state index in [1.54, 1.807) is 18.2 Å². The fourth-order valence-electron chi connectivity index (χ4n) is 1.69. The normalized spacial score (nSPS) is 24.4. The van der Waals surface area contributed by atoms with Gasteiger partial charge in [0.2, 0.25) is 6.29 Å². The maximum absolute atomic E-state index is 9.71. The van der Waals surface area contributed by atoms with E-state index in [0.717, 1.165) is 0 Å². The molecule has 4 heteroatoms. The largest absolute Gasteiger partial charge is 0.508 e. The van der Waals surface area contributed by atoms with Gasteiger partial charge in [0.1, 0.15) is 17.6 Å². The van der Waals surface area contributed by atoms with Crippen LogP contribution in [-0.2, 0) is 11.2 Å². The summed E-state index contributed by atoms with van der Waals surface area (Å²) in [7, 11) is 0. The van der Waals surface area contributed by atoms with Crippen molar-refractivity contribution >= 4 is 0 Å². The Balaban J connectivity index is 2.25. The molecule has 1 heterocycles. The number of hydrogen-bond donors (Lipinski definition) is 2. The minimum absolute atomic E-state index is 0.154. The Morgan fingerprint density at radius 1 is 1.53 bits per heavy atom. The number of fused-ring (bicyclic) bond motifs is 1. The smallest absolute Gasteiger partial charge is 0.226 e. The van der Waals surface area contributed by atoms with Crippen LogP contribution in [0.25, 0.3) is 0 Å². The second kappa shape index (κ2) is 4.08. The van der Waals surface area contributed by atoms with Crippen LogP contribution >= 0.6 is 0 Å². The number of benzene rings is 1. The van der Waals surface area contributed by atoms with Crippen molar-refractivity contribution in [2.24, 2.45) is 0 Å². The Morgan fingerprint density at radius 3 is 3.07 bits per heavy atom. The molecule has 2 rings (SSSR count). The standard InChI is InChI=1S/C11H14O4/c1-2-14-11-9(13)6-7-8(12)4-3-5-10(7)15-11/h3-5,9,11-13H,2,6H2,1H3. The average Bonchev–Trinajstić information content (AvgIpc) is 2.21. The Hall–Kier alpha value is -1.26. The molecule has 2 unspecified atom stereocenters. The zero-order valence-corrected chi connectivity index (χ0v) is 8.51. The molecule has 0 radical (unpaired) electrons. The minimum atomic E-state index is -0.731. The van der Waals surface area contributed by atoms with Gasteiger partial charge in [-0.05, 0) is 19.1 Å². The van der Waals surface area contributed by atoms with Gasteiger partial charge in [0, 0.05) is 18.6 Å². The molecular weight excluding hydrogens is 196 g/mol. The molecule has 0 fully saturated rings. The van der Waals surface area contributed by atoms with Crippen LogP contribution in [0.1, 0.15) is 12.5 Å². The molecular formula is C11H14O4. The highest BCUT2D eigenvalue weighted by Crippen LogP contribution is 2.34. The van der Waals surface area contributed by atoms with Gasteiger partial charge in [0.25, 0.3) is 0 Å². The Bertz CT molecular complexity index is 350. The molecule has 0 bridgehead atoms. The van der Waals surface area contributed by atoms with Gasteiger partial charge < -0.3 is 19.7 Å². The highest BCUT2D eigenvalue weighted by atomic mass is 16.7. The number of hydrogen-bond acceptors (Lipinski definition) is 4. The van der Waals surface area contributed by atoms with Crippen molar-refractivity contribution < 1.29 is 19.7 Å². The van der Waals surface area contributed by atoms with Crippen molar-refractivity contribution in [2.45, 2.75) is 25.7 Å². The summed E-state index contributed by atoms with van der Waals surface area (Å²) in [6, 6.07) is 5.04. The Morgan fingerprint density at radius 2 is 2.33 bits per heavy atom. The molecule has 82 valence electrons. The highest BCUT2D eigenvalue weighted by molar-refractivity contribution is 5.45. The summed E-state index contributed by atoms with van der Waals surface area (Å²) in [5.41, 5.74) is 0.640. The van der Waals surface area contributed by atoms with Gasteiger partial charge in [-0.25, -0.2) is 0 Å². The quantitative estimate of drug-likeness (QED) is 0.766. The maximum Gasteiger partial charge on any atom is 0.226 e. The van der Waals surface area contributed by atoms with Gasteiger partial charge in [-0.3, -0.25) is 0 Å². The van der Waals surface area contributed by atoms with Crippen molar-refractivity contribution in [1.29, 1.82) is 0 Å². The van der Waals surface area contributed by atoms with E-state index >= 15 is 0 Å². The van der Waals surface area contributed by atoms with Crippen molar-refractivity contribution in [3.05, 3.63) is 23.8 Å². The van der Waals surface area contributed by atoms with Crippen LogP contribution in [0, 0.1) is 0 Å². The number of phenolic OH excluding ortho intramolecular Hbond substituents is 1. The fraction of sp³-hybridized carbons (Fsp3) is 0.455. The van der Waals surface area contributed by atoms with Crippen LogP contribution in [0.4, 0.5) is 0 Å². The predicted molar refractivity (Wildman–Crippen MR) is 53.9 cm³/mol. The van der Waals surface area contributed by atoms with E-state index in [9.17, 15) is 10.2 Å². The lowest BCUT2D eigenvalue weighted by Crippen LogP contribution is -2.39. The number of rotatable bonds is 2. The third kappa shape index (κ3) is 1.91. The molecule has 4 nitrogen and oxygen atoms in total. The zero-order valence-electron chi connectivity index (χ0n) is 8.51. The van der Waals surface area contributed by atoms with Gasteiger partial charge in [-0.15, -0.1) is 0 Å². The summed E-state index contributed by atoms with van der Waals surface area (Å²) in [6.45, 7) is 2.32. The van der Waals surface area contributed by atoms with Crippen LogP contribution in [0.15, 0.2) is 18.2 Å². The molecule has 1 aliphatic rings. The van der Waals surface area contributed by atoms with Crippen molar-refractivity contribution in [3.63, 3.8) is 0 Å². The summed E-state index contributed by atoms with van der Waals surface area (Å²) in [4.78, 5) is 0. The van der Waals surface area contributed by atoms with E-state index in [1.165, 1.54) is 0 Å².